The second-order valence-electron chi connectivity index (χ2n) is 5.21. The van der Waals surface area contributed by atoms with Gasteiger partial charge in [-0.25, -0.2) is 0 Å². The first kappa shape index (κ1) is 12.4. The molecule has 4 heteroatoms. The number of hydrogen-bond donors (Lipinski definition) is 1. The molecule has 1 N–H and O–H groups in total. The molecule has 0 heterocycles. The van der Waals surface area contributed by atoms with Gasteiger partial charge in [0, 0.05) is 6.04 Å². The number of nitrogens with zero attached hydrogens (tertiary/aromatic N) is 1. The molecule has 1 amide bonds. The van der Waals surface area contributed by atoms with Crippen molar-refractivity contribution in [3.63, 3.8) is 0 Å². The fourth-order valence-electron chi connectivity index (χ4n) is 1.78. The van der Waals surface area contributed by atoms with E-state index in [0.717, 1.165) is 6.42 Å². The Morgan fingerprint density at radius 1 is 1.56 bits per heavy atom. The topological polar surface area (TPSA) is 62.1 Å². The van der Waals surface area contributed by atoms with Crippen LogP contribution in [-0.4, -0.2) is 18.6 Å². The van der Waals surface area contributed by atoms with E-state index in [1.54, 1.807) is 24.3 Å². The lowest BCUT2D eigenvalue weighted by Gasteiger charge is -2.09. The molecule has 1 aromatic rings. The van der Waals surface area contributed by atoms with E-state index in [-0.39, 0.29) is 24.0 Å². The maximum atomic E-state index is 11.6. The lowest BCUT2D eigenvalue weighted by molar-refractivity contribution is -0.123. The van der Waals surface area contributed by atoms with Crippen molar-refractivity contribution in [3.05, 3.63) is 29.8 Å². The van der Waals surface area contributed by atoms with Gasteiger partial charge in [0.05, 0.1) is 5.56 Å². The molecule has 1 fully saturated rings. The third kappa shape index (κ3) is 2.80. The summed E-state index contributed by atoms with van der Waals surface area (Å²) in [4.78, 5) is 11.6. The average molecular weight is 244 g/mol. The second-order valence-corrected chi connectivity index (χ2v) is 5.21. The van der Waals surface area contributed by atoms with Crippen molar-refractivity contribution in [3.8, 4) is 11.8 Å². The average Bonchev–Trinajstić information content (AvgIpc) is 2.94. The molecule has 1 aliphatic carbocycles. The molecule has 4 nitrogen and oxygen atoms in total. The number of amides is 1. The number of benzene rings is 1. The lowest BCUT2D eigenvalue weighted by atomic mass is 10.2. The predicted octanol–water partition coefficient (Wildman–Crippen LogP) is 1.85. The lowest BCUT2D eigenvalue weighted by Crippen LogP contribution is -2.32. The molecular weight excluding hydrogens is 228 g/mol. The van der Waals surface area contributed by atoms with Crippen molar-refractivity contribution < 1.29 is 9.53 Å². The molecule has 0 bridgehead atoms. The van der Waals surface area contributed by atoms with Gasteiger partial charge in [-0.05, 0) is 24.0 Å². The fourth-order valence-corrected chi connectivity index (χ4v) is 1.78. The van der Waals surface area contributed by atoms with Crippen LogP contribution in [-0.2, 0) is 4.79 Å². The van der Waals surface area contributed by atoms with E-state index < -0.39 is 0 Å². The minimum absolute atomic E-state index is 0.0503. The fraction of sp³-hybridized carbons (Fsp3) is 0.429. The van der Waals surface area contributed by atoms with Crippen molar-refractivity contribution in [1.29, 1.82) is 5.26 Å². The minimum Gasteiger partial charge on any atom is -0.482 e. The van der Waals surface area contributed by atoms with E-state index in [9.17, 15) is 4.79 Å². The normalized spacial score (nSPS) is 19.7. The minimum atomic E-state index is -0.140. The summed E-state index contributed by atoms with van der Waals surface area (Å²) in [6, 6.07) is 9.17. The molecule has 1 aliphatic rings. The zero-order valence-electron chi connectivity index (χ0n) is 10.6. The molecule has 0 radical (unpaired) electrons. The van der Waals surface area contributed by atoms with Crippen LogP contribution in [0.25, 0.3) is 0 Å². The van der Waals surface area contributed by atoms with E-state index in [2.05, 4.69) is 19.2 Å². The summed E-state index contributed by atoms with van der Waals surface area (Å²) in [6.07, 6.45) is 1.01. The molecular formula is C14H16N2O2. The highest BCUT2D eigenvalue weighted by molar-refractivity contribution is 5.78. The Kier molecular flexibility index (Phi) is 3.24. The highest BCUT2D eigenvalue weighted by atomic mass is 16.5. The standard InChI is InChI=1S/C14H16N2O2/c1-14(2)7-12(14)16-13(17)9-18-11-6-4-3-5-10(11)8-15/h3-6,12H,7,9H2,1-2H3,(H,16,17). The second kappa shape index (κ2) is 4.69. The van der Waals surface area contributed by atoms with Gasteiger partial charge in [-0.1, -0.05) is 26.0 Å². The van der Waals surface area contributed by atoms with Gasteiger partial charge in [0.1, 0.15) is 11.8 Å². The van der Waals surface area contributed by atoms with Crippen LogP contribution in [0.2, 0.25) is 0 Å². The first-order valence-corrected chi connectivity index (χ1v) is 5.94. The number of nitriles is 1. The predicted molar refractivity (Wildman–Crippen MR) is 67.0 cm³/mol. The Labute approximate surface area is 107 Å². The Morgan fingerprint density at radius 2 is 2.22 bits per heavy atom. The summed E-state index contributed by atoms with van der Waals surface area (Å²) in [7, 11) is 0. The van der Waals surface area contributed by atoms with Gasteiger partial charge in [-0.3, -0.25) is 4.79 Å². The summed E-state index contributed by atoms with van der Waals surface area (Å²) in [6.45, 7) is 4.18. The van der Waals surface area contributed by atoms with Crippen molar-refractivity contribution in [2.45, 2.75) is 26.3 Å². The highest BCUT2D eigenvalue weighted by Gasteiger charge is 2.46. The molecule has 1 aromatic carbocycles. The Balaban J connectivity index is 1.85. The van der Waals surface area contributed by atoms with Crippen molar-refractivity contribution in [2.75, 3.05) is 6.61 Å². The van der Waals surface area contributed by atoms with Gasteiger partial charge in [0.25, 0.3) is 5.91 Å². The number of rotatable bonds is 4. The molecule has 0 saturated heterocycles. The third-order valence-electron chi connectivity index (χ3n) is 3.21. The van der Waals surface area contributed by atoms with Crippen LogP contribution in [0.15, 0.2) is 24.3 Å². The zero-order valence-corrected chi connectivity index (χ0v) is 10.6. The summed E-state index contributed by atoms with van der Waals surface area (Å²) in [5.74, 6) is 0.309. The van der Waals surface area contributed by atoms with E-state index in [1.807, 2.05) is 6.07 Å². The van der Waals surface area contributed by atoms with Crippen molar-refractivity contribution in [1.82, 2.24) is 5.32 Å². The van der Waals surface area contributed by atoms with Gasteiger partial charge >= 0.3 is 0 Å². The molecule has 18 heavy (non-hydrogen) atoms. The van der Waals surface area contributed by atoms with Crippen LogP contribution in [0.3, 0.4) is 0 Å². The monoisotopic (exact) mass is 244 g/mol. The molecule has 94 valence electrons. The smallest absolute Gasteiger partial charge is 0.258 e. The van der Waals surface area contributed by atoms with Crippen LogP contribution in [0.5, 0.6) is 5.75 Å². The van der Waals surface area contributed by atoms with Gasteiger partial charge in [-0.15, -0.1) is 0 Å². The molecule has 0 aliphatic heterocycles. The maximum absolute atomic E-state index is 11.6. The van der Waals surface area contributed by atoms with Gasteiger partial charge < -0.3 is 10.1 Å². The van der Waals surface area contributed by atoms with Crippen LogP contribution in [0.4, 0.5) is 0 Å². The number of para-hydroxylation sites is 1. The number of carbonyl (C=O) groups excluding carboxylic acids is 1. The number of nitrogens with one attached hydrogen (secondary N) is 1. The van der Waals surface area contributed by atoms with Crippen LogP contribution < -0.4 is 10.1 Å². The van der Waals surface area contributed by atoms with E-state index in [1.165, 1.54) is 0 Å². The number of carbonyl (C=O) groups is 1. The SMILES string of the molecule is CC1(C)CC1NC(=O)COc1ccccc1C#N. The summed E-state index contributed by atoms with van der Waals surface area (Å²) < 4.78 is 5.35. The molecule has 2 rings (SSSR count). The number of ether oxygens (including phenoxy) is 1. The molecule has 1 unspecified atom stereocenters. The third-order valence-corrected chi connectivity index (χ3v) is 3.21. The zero-order chi connectivity index (χ0) is 13.2. The summed E-state index contributed by atoms with van der Waals surface area (Å²) in [5, 5.41) is 11.8. The summed E-state index contributed by atoms with van der Waals surface area (Å²) in [5.41, 5.74) is 0.650. The van der Waals surface area contributed by atoms with Crippen LogP contribution in [0, 0.1) is 16.7 Å². The van der Waals surface area contributed by atoms with Gasteiger partial charge in [0.15, 0.2) is 6.61 Å². The van der Waals surface area contributed by atoms with Gasteiger partial charge in [-0.2, -0.15) is 5.26 Å². The quantitative estimate of drug-likeness (QED) is 0.879. The van der Waals surface area contributed by atoms with E-state index >= 15 is 0 Å². The van der Waals surface area contributed by atoms with E-state index in [0.29, 0.717) is 11.3 Å². The van der Waals surface area contributed by atoms with Crippen molar-refractivity contribution >= 4 is 5.91 Å². The van der Waals surface area contributed by atoms with Crippen LogP contribution in [0.1, 0.15) is 25.8 Å². The maximum Gasteiger partial charge on any atom is 0.258 e. The van der Waals surface area contributed by atoms with E-state index in [4.69, 9.17) is 10.00 Å². The molecule has 1 saturated carbocycles. The number of hydrogen-bond acceptors (Lipinski definition) is 3. The molecule has 0 spiro atoms. The summed E-state index contributed by atoms with van der Waals surface area (Å²) >= 11 is 0. The largest absolute Gasteiger partial charge is 0.482 e. The Hall–Kier alpha value is -2.02. The molecule has 1 atom stereocenters. The Morgan fingerprint density at radius 3 is 2.83 bits per heavy atom. The van der Waals surface area contributed by atoms with Crippen LogP contribution >= 0.6 is 0 Å². The molecule has 0 aromatic heterocycles. The van der Waals surface area contributed by atoms with Gasteiger partial charge in [0.2, 0.25) is 0 Å². The van der Waals surface area contributed by atoms with Crippen molar-refractivity contribution in [2.24, 2.45) is 5.41 Å². The first-order chi connectivity index (χ1) is 8.53. The first-order valence-electron chi connectivity index (χ1n) is 5.94. The highest BCUT2D eigenvalue weighted by Crippen LogP contribution is 2.44. The Bertz CT molecular complexity index is 503.